The molecule has 0 radical (unpaired) electrons. The standard InChI is InChI=1S/C13H18N4O/c1-3-17-8-7-10(16-17)9-15-11-5-4-6-12(18-2)13(11)14/h4-8,15H,3,9,14H2,1-2H3. The van der Waals surface area contributed by atoms with E-state index in [0.717, 1.165) is 17.9 Å². The van der Waals surface area contributed by atoms with Gasteiger partial charge in [0.25, 0.3) is 0 Å². The number of hydrogen-bond donors (Lipinski definition) is 2. The molecule has 0 atom stereocenters. The zero-order valence-electron chi connectivity index (χ0n) is 10.7. The van der Waals surface area contributed by atoms with Crippen LogP contribution in [0.3, 0.4) is 0 Å². The van der Waals surface area contributed by atoms with E-state index in [-0.39, 0.29) is 0 Å². The van der Waals surface area contributed by atoms with Crippen LogP contribution in [0.5, 0.6) is 5.75 Å². The molecular formula is C13H18N4O. The number of anilines is 2. The van der Waals surface area contributed by atoms with E-state index < -0.39 is 0 Å². The average Bonchev–Trinajstić information content (AvgIpc) is 2.85. The molecule has 1 aromatic heterocycles. The second kappa shape index (κ2) is 5.44. The molecule has 2 rings (SSSR count). The highest BCUT2D eigenvalue weighted by Crippen LogP contribution is 2.29. The van der Waals surface area contributed by atoms with Crippen LogP contribution in [-0.2, 0) is 13.1 Å². The number of aromatic nitrogens is 2. The third-order valence-electron chi connectivity index (χ3n) is 2.77. The first-order valence-corrected chi connectivity index (χ1v) is 5.93. The lowest BCUT2D eigenvalue weighted by Gasteiger charge is -2.11. The summed E-state index contributed by atoms with van der Waals surface area (Å²) in [6.07, 6.45) is 1.96. The Morgan fingerprint density at radius 1 is 1.39 bits per heavy atom. The maximum Gasteiger partial charge on any atom is 0.143 e. The molecular weight excluding hydrogens is 228 g/mol. The summed E-state index contributed by atoms with van der Waals surface area (Å²) in [6.45, 7) is 3.58. The van der Waals surface area contributed by atoms with Gasteiger partial charge in [-0.3, -0.25) is 4.68 Å². The van der Waals surface area contributed by atoms with Crippen LogP contribution in [0.15, 0.2) is 30.5 Å². The number of rotatable bonds is 5. The predicted molar refractivity (Wildman–Crippen MR) is 72.6 cm³/mol. The Balaban J connectivity index is 2.06. The summed E-state index contributed by atoms with van der Waals surface area (Å²) in [5.41, 5.74) is 8.44. The predicted octanol–water partition coefficient (Wildman–Crippen LogP) is 2.11. The van der Waals surface area contributed by atoms with Crippen molar-refractivity contribution in [2.45, 2.75) is 20.0 Å². The van der Waals surface area contributed by atoms with Crippen molar-refractivity contribution in [1.82, 2.24) is 9.78 Å². The molecule has 0 spiro atoms. The van der Waals surface area contributed by atoms with E-state index in [9.17, 15) is 0 Å². The van der Waals surface area contributed by atoms with Gasteiger partial charge in [0.1, 0.15) is 5.75 Å². The van der Waals surface area contributed by atoms with Gasteiger partial charge in [0, 0.05) is 12.7 Å². The average molecular weight is 246 g/mol. The summed E-state index contributed by atoms with van der Waals surface area (Å²) in [4.78, 5) is 0. The zero-order chi connectivity index (χ0) is 13.0. The van der Waals surface area contributed by atoms with Crippen molar-refractivity contribution < 1.29 is 4.74 Å². The number of hydrogen-bond acceptors (Lipinski definition) is 4. The third-order valence-corrected chi connectivity index (χ3v) is 2.77. The Bertz CT molecular complexity index is 521. The van der Waals surface area contributed by atoms with E-state index in [1.807, 2.05) is 35.1 Å². The second-order valence-electron chi connectivity index (χ2n) is 3.94. The minimum atomic E-state index is 0.620. The normalized spacial score (nSPS) is 10.3. The minimum absolute atomic E-state index is 0.620. The van der Waals surface area contributed by atoms with E-state index in [2.05, 4.69) is 17.3 Å². The van der Waals surface area contributed by atoms with Gasteiger partial charge in [0.2, 0.25) is 0 Å². The van der Waals surface area contributed by atoms with Gasteiger partial charge in [-0.25, -0.2) is 0 Å². The highest BCUT2D eigenvalue weighted by molar-refractivity contribution is 5.72. The molecule has 1 aromatic carbocycles. The SMILES string of the molecule is CCn1ccc(CNc2cccc(OC)c2N)n1. The molecule has 0 saturated carbocycles. The number of aryl methyl sites for hydroxylation is 1. The van der Waals surface area contributed by atoms with E-state index in [4.69, 9.17) is 10.5 Å². The molecule has 0 fully saturated rings. The van der Waals surface area contributed by atoms with Crippen molar-refractivity contribution in [2.24, 2.45) is 0 Å². The van der Waals surface area contributed by atoms with Crippen LogP contribution >= 0.6 is 0 Å². The summed E-state index contributed by atoms with van der Waals surface area (Å²) in [5, 5.41) is 7.66. The van der Waals surface area contributed by atoms with Crippen molar-refractivity contribution in [1.29, 1.82) is 0 Å². The summed E-state index contributed by atoms with van der Waals surface area (Å²) >= 11 is 0. The van der Waals surface area contributed by atoms with E-state index in [0.29, 0.717) is 18.0 Å². The molecule has 0 aliphatic heterocycles. The molecule has 5 nitrogen and oxygen atoms in total. The quantitative estimate of drug-likeness (QED) is 0.793. The van der Waals surface area contributed by atoms with Crippen LogP contribution < -0.4 is 15.8 Å². The minimum Gasteiger partial charge on any atom is -0.495 e. The Morgan fingerprint density at radius 3 is 2.89 bits per heavy atom. The van der Waals surface area contributed by atoms with Crippen LogP contribution in [0.1, 0.15) is 12.6 Å². The lowest BCUT2D eigenvalue weighted by molar-refractivity contribution is 0.417. The molecule has 18 heavy (non-hydrogen) atoms. The lowest BCUT2D eigenvalue weighted by Crippen LogP contribution is -2.05. The number of benzene rings is 1. The molecule has 0 amide bonds. The Kier molecular flexibility index (Phi) is 3.72. The second-order valence-corrected chi connectivity index (χ2v) is 3.94. The highest BCUT2D eigenvalue weighted by atomic mass is 16.5. The number of para-hydroxylation sites is 1. The van der Waals surface area contributed by atoms with Gasteiger partial charge < -0.3 is 15.8 Å². The fourth-order valence-corrected chi connectivity index (χ4v) is 1.74. The maximum atomic E-state index is 5.98. The van der Waals surface area contributed by atoms with Gasteiger partial charge >= 0.3 is 0 Å². The van der Waals surface area contributed by atoms with Crippen molar-refractivity contribution in [3.63, 3.8) is 0 Å². The van der Waals surface area contributed by atoms with Gasteiger partial charge in [-0.1, -0.05) is 6.07 Å². The lowest BCUT2D eigenvalue weighted by atomic mass is 10.2. The van der Waals surface area contributed by atoms with E-state index >= 15 is 0 Å². The van der Waals surface area contributed by atoms with Gasteiger partial charge in [-0.15, -0.1) is 0 Å². The first-order chi connectivity index (χ1) is 8.74. The van der Waals surface area contributed by atoms with Crippen LogP contribution in [0.2, 0.25) is 0 Å². The molecule has 0 bridgehead atoms. The highest BCUT2D eigenvalue weighted by Gasteiger charge is 2.05. The molecule has 1 heterocycles. The number of nitrogens with one attached hydrogen (secondary N) is 1. The molecule has 0 aliphatic rings. The molecule has 0 unspecified atom stereocenters. The number of nitrogens with zero attached hydrogens (tertiary/aromatic N) is 2. The molecule has 3 N–H and O–H groups in total. The van der Waals surface area contributed by atoms with Crippen LogP contribution in [0.4, 0.5) is 11.4 Å². The molecule has 0 aliphatic carbocycles. The van der Waals surface area contributed by atoms with Crippen LogP contribution in [0, 0.1) is 0 Å². The smallest absolute Gasteiger partial charge is 0.143 e. The fourth-order valence-electron chi connectivity index (χ4n) is 1.74. The van der Waals surface area contributed by atoms with E-state index in [1.165, 1.54) is 0 Å². The summed E-state index contributed by atoms with van der Waals surface area (Å²) < 4.78 is 7.07. The first kappa shape index (κ1) is 12.3. The van der Waals surface area contributed by atoms with Crippen molar-refractivity contribution >= 4 is 11.4 Å². The van der Waals surface area contributed by atoms with Gasteiger partial charge in [-0.05, 0) is 25.1 Å². The van der Waals surface area contributed by atoms with Crippen molar-refractivity contribution in [3.8, 4) is 5.75 Å². The fraction of sp³-hybridized carbons (Fsp3) is 0.308. The topological polar surface area (TPSA) is 65.1 Å². The first-order valence-electron chi connectivity index (χ1n) is 5.93. The van der Waals surface area contributed by atoms with Gasteiger partial charge in [0.05, 0.1) is 30.7 Å². The molecule has 0 saturated heterocycles. The summed E-state index contributed by atoms with van der Waals surface area (Å²) in [7, 11) is 1.61. The summed E-state index contributed by atoms with van der Waals surface area (Å²) in [5.74, 6) is 0.680. The van der Waals surface area contributed by atoms with Crippen LogP contribution in [-0.4, -0.2) is 16.9 Å². The summed E-state index contributed by atoms with van der Waals surface area (Å²) in [6, 6.07) is 7.66. The Morgan fingerprint density at radius 2 is 2.22 bits per heavy atom. The zero-order valence-corrected chi connectivity index (χ0v) is 10.7. The number of nitrogens with two attached hydrogens (primary N) is 1. The number of nitrogen functional groups attached to an aromatic ring is 1. The largest absolute Gasteiger partial charge is 0.495 e. The third kappa shape index (κ3) is 2.56. The Labute approximate surface area is 107 Å². The molecule has 96 valence electrons. The maximum absolute atomic E-state index is 5.98. The van der Waals surface area contributed by atoms with Crippen molar-refractivity contribution in [3.05, 3.63) is 36.2 Å². The Hall–Kier alpha value is -2.17. The molecule has 5 heteroatoms. The van der Waals surface area contributed by atoms with Gasteiger partial charge in [-0.2, -0.15) is 5.10 Å². The number of methoxy groups -OCH3 is 1. The van der Waals surface area contributed by atoms with Crippen LogP contribution in [0.25, 0.3) is 0 Å². The van der Waals surface area contributed by atoms with Gasteiger partial charge in [0.15, 0.2) is 0 Å². The monoisotopic (exact) mass is 246 g/mol. The van der Waals surface area contributed by atoms with Crippen molar-refractivity contribution in [2.75, 3.05) is 18.2 Å². The van der Waals surface area contributed by atoms with E-state index in [1.54, 1.807) is 7.11 Å². The molecule has 2 aromatic rings. The number of ether oxygens (including phenoxy) is 1.